The van der Waals surface area contributed by atoms with Gasteiger partial charge in [0.05, 0.1) is 41.7 Å². The number of aliphatic carboxylic acids is 1. The molecule has 1 atom stereocenters. The number of halogens is 2. The van der Waals surface area contributed by atoms with Crippen molar-refractivity contribution >= 4 is 55.8 Å². The number of nitrogens with zero attached hydrogens (tertiary/aromatic N) is 4. The second kappa shape index (κ2) is 10.2. The number of carboxylic acids is 1. The number of aromatic nitrogens is 3. The molecule has 37 heavy (non-hydrogen) atoms. The Balaban J connectivity index is 1.47. The van der Waals surface area contributed by atoms with Crippen molar-refractivity contribution < 1.29 is 27.8 Å². The second-order valence-electron chi connectivity index (χ2n) is 8.26. The van der Waals surface area contributed by atoms with Crippen LogP contribution in [0.2, 0.25) is 10.0 Å². The van der Waals surface area contributed by atoms with Crippen LogP contribution in [-0.4, -0.2) is 59.9 Å². The van der Waals surface area contributed by atoms with Gasteiger partial charge in [-0.05, 0) is 42.5 Å². The van der Waals surface area contributed by atoms with Crippen molar-refractivity contribution in [3.63, 3.8) is 0 Å². The summed E-state index contributed by atoms with van der Waals surface area (Å²) in [5.74, 6) is -0.397. The lowest BCUT2D eigenvalue weighted by Crippen LogP contribution is -2.35. The van der Waals surface area contributed by atoms with Gasteiger partial charge in [0, 0.05) is 28.0 Å². The van der Waals surface area contributed by atoms with Gasteiger partial charge >= 0.3 is 5.97 Å². The molecular weight excluding hydrogens is 543 g/mol. The topological polar surface area (TPSA) is 124 Å². The molecule has 0 saturated carbocycles. The average Bonchev–Trinajstić information content (AvgIpc) is 3.52. The minimum atomic E-state index is -4.29. The summed E-state index contributed by atoms with van der Waals surface area (Å²) in [6, 6.07) is 10.4. The van der Waals surface area contributed by atoms with Gasteiger partial charge in [0.2, 0.25) is 5.88 Å². The maximum absolute atomic E-state index is 13.4. The number of hydrogen-bond acceptors (Lipinski definition) is 7. The number of anilines is 1. The Hall–Kier alpha value is -3.38. The first-order valence-electron chi connectivity index (χ1n) is 11.1. The highest BCUT2D eigenvalue weighted by Crippen LogP contribution is 2.31. The van der Waals surface area contributed by atoms with Crippen LogP contribution in [0.15, 0.2) is 66.0 Å². The number of fused-ring (bicyclic) bond motifs is 1. The predicted molar refractivity (Wildman–Crippen MR) is 137 cm³/mol. The van der Waals surface area contributed by atoms with Crippen molar-refractivity contribution in [2.75, 3.05) is 24.1 Å². The molecule has 0 spiro atoms. The number of sulfonamides is 1. The Kier molecular flexibility index (Phi) is 6.95. The van der Waals surface area contributed by atoms with Gasteiger partial charge < -0.3 is 14.6 Å². The second-order valence-corrected chi connectivity index (χ2v) is 11.0. The molecule has 2 aromatic carbocycles. The van der Waals surface area contributed by atoms with Crippen LogP contribution >= 0.6 is 23.2 Å². The molecule has 5 rings (SSSR count). The molecule has 1 fully saturated rings. The van der Waals surface area contributed by atoms with E-state index in [0.29, 0.717) is 30.3 Å². The molecule has 1 unspecified atom stereocenters. The highest BCUT2D eigenvalue weighted by molar-refractivity contribution is 7.92. The number of ether oxygens (including phenoxy) is 2. The summed E-state index contributed by atoms with van der Waals surface area (Å²) in [6.45, 7) is 0.385. The third-order valence-corrected chi connectivity index (χ3v) is 7.89. The molecule has 1 aliphatic rings. The van der Waals surface area contributed by atoms with Gasteiger partial charge in [0.15, 0.2) is 5.82 Å². The molecule has 3 heterocycles. The summed E-state index contributed by atoms with van der Waals surface area (Å²) in [4.78, 5) is 20.1. The van der Waals surface area contributed by atoms with Crippen molar-refractivity contribution in [1.82, 2.24) is 14.5 Å². The molecule has 1 aliphatic heterocycles. The third kappa shape index (κ3) is 5.35. The molecule has 0 radical (unpaired) electrons. The van der Waals surface area contributed by atoms with E-state index in [1.54, 1.807) is 35.2 Å². The van der Waals surface area contributed by atoms with Crippen LogP contribution in [0.3, 0.4) is 0 Å². The number of carboxylic acid groups (broad SMARTS) is 1. The van der Waals surface area contributed by atoms with E-state index in [4.69, 9.17) is 32.7 Å². The summed E-state index contributed by atoms with van der Waals surface area (Å²) < 4.78 is 40.4. The van der Waals surface area contributed by atoms with Gasteiger partial charge in [-0.1, -0.05) is 23.2 Å². The van der Waals surface area contributed by atoms with Crippen molar-refractivity contribution in [3.8, 4) is 11.7 Å². The molecule has 1 N–H and O–H groups in total. The fourth-order valence-corrected chi connectivity index (χ4v) is 6.13. The average molecular weight is 563 g/mol. The van der Waals surface area contributed by atoms with Gasteiger partial charge in [-0.15, -0.1) is 0 Å². The van der Waals surface area contributed by atoms with E-state index in [1.165, 1.54) is 30.5 Å². The van der Waals surface area contributed by atoms with Gasteiger partial charge in [-0.3, -0.25) is 13.7 Å². The largest absolute Gasteiger partial charge is 0.480 e. The first-order valence-corrected chi connectivity index (χ1v) is 13.3. The molecular formula is C24H20Cl2N4O6S. The van der Waals surface area contributed by atoms with Crippen molar-refractivity contribution in [2.24, 2.45) is 0 Å². The highest BCUT2D eigenvalue weighted by atomic mass is 35.5. The van der Waals surface area contributed by atoms with E-state index in [2.05, 4.69) is 9.97 Å². The van der Waals surface area contributed by atoms with E-state index in [1.807, 2.05) is 0 Å². The minimum absolute atomic E-state index is 0.0426. The van der Waals surface area contributed by atoms with Crippen LogP contribution in [0, 0.1) is 0 Å². The van der Waals surface area contributed by atoms with Gasteiger partial charge in [0.25, 0.3) is 10.0 Å². The monoisotopic (exact) mass is 562 g/mol. The quantitative estimate of drug-likeness (QED) is 0.339. The predicted octanol–water partition coefficient (Wildman–Crippen LogP) is 4.17. The summed E-state index contributed by atoms with van der Waals surface area (Å²) >= 11 is 12.0. The zero-order chi connectivity index (χ0) is 26.2. The maximum Gasteiger partial charge on any atom is 0.324 e. The molecule has 2 aromatic heterocycles. The van der Waals surface area contributed by atoms with Crippen molar-refractivity contribution in [1.29, 1.82) is 0 Å². The lowest BCUT2D eigenvalue weighted by molar-refractivity contribution is -0.135. The number of rotatable bonds is 8. The summed E-state index contributed by atoms with van der Waals surface area (Å²) in [6.07, 6.45) is 5.62. The van der Waals surface area contributed by atoms with Crippen LogP contribution in [0.1, 0.15) is 6.42 Å². The summed E-state index contributed by atoms with van der Waals surface area (Å²) in [5.41, 5.74) is 0.881. The van der Waals surface area contributed by atoms with Gasteiger partial charge in [-0.2, -0.15) is 0 Å². The molecule has 192 valence electrons. The highest BCUT2D eigenvalue weighted by Gasteiger charge is 2.28. The van der Waals surface area contributed by atoms with Crippen LogP contribution in [-0.2, 0) is 19.6 Å². The van der Waals surface area contributed by atoms with Crippen LogP contribution < -0.4 is 9.04 Å². The zero-order valence-electron chi connectivity index (χ0n) is 19.1. The van der Waals surface area contributed by atoms with E-state index in [-0.39, 0.29) is 26.7 Å². The van der Waals surface area contributed by atoms with Crippen LogP contribution in [0.5, 0.6) is 5.88 Å². The normalized spacial score (nSPS) is 15.7. The van der Waals surface area contributed by atoms with Crippen molar-refractivity contribution in [2.45, 2.75) is 17.4 Å². The van der Waals surface area contributed by atoms with E-state index < -0.39 is 22.5 Å². The Morgan fingerprint density at radius 1 is 1.14 bits per heavy atom. The van der Waals surface area contributed by atoms with E-state index >= 15 is 0 Å². The lowest BCUT2D eigenvalue weighted by Gasteiger charge is -2.23. The fraction of sp³-hybridized carbons (Fsp3) is 0.208. The van der Waals surface area contributed by atoms with Gasteiger partial charge in [-0.25, -0.2) is 18.4 Å². The minimum Gasteiger partial charge on any atom is -0.480 e. The first kappa shape index (κ1) is 25.3. The standard InChI is InChI=1S/C24H20Cl2N4O6S/c25-16-8-17(26)10-20(9-16)37(33,34)30(13-24(31)32)18-1-2-21-15(7-18)3-5-29(21)22-11-28-23(12-27-22)36-19-4-6-35-14-19/h1-3,5,7-12,19H,4,6,13-14H2,(H,31,32). The summed E-state index contributed by atoms with van der Waals surface area (Å²) in [7, 11) is -4.29. The summed E-state index contributed by atoms with van der Waals surface area (Å²) in [5, 5.41) is 10.3. The lowest BCUT2D eigenvalue weighted by atomic mass is 10.2. The molecule has 10 nitrogen and oxygen atoms in total. The third-order valence-electron chi connectivity index (χ3n) is 5.70. The zero-order valence-corrected chi connectivity index (χ0v) is 21.4. The first-order chi connectivity index (χ1) is 17.7. The van der Waals surface area contributed by atoms with Crippen molar-refractivity contribution in [3.05, 3.63) is 71.1 Å². The Morgan fingerprint density at radius 3 is 2.57 bits per heavy atom. The molecule has 0 aliphatic carbocycles. The van der Waals surface area contributed by atoms with Crippen LogP contribution in [0.4, 0.5) is 5.69 Å². The number of benzene rings is 2. The molecule has 0 amide bonds. The smallest absolute Gasteiger partial charge is 0.324 e. The molecule has 1 saturated heterocycles. The Labute approximate surface area is 222 Å². The number of carbonyl (C=O) groups is 1. The van der Waals surface area contributed by atoms with Crippen LogP contribution in [0.25, 0.3) is 16.7 Å². The molecule has 0 bridgehead atoms. The Bertz CT molecular complexity index is 1550. The SMILES string of the molecule is O=C(O)CN(c1ccc2c(ccn2-c2cnc(OC3CCOC3)cn2)c1)S(=O)(=O)c1cc(Cl)cc(Cl)c1. The van der Waals surface area contributed by atoms with E-state index in [9.17, 15) is 18.3 Å². The fourth-order valence-electron chi connectivity index (χ4n) is 4.00. The Morgan fingerprint density at radius 2 is 1.92 bits per heavy atom. The number of hydrogen-bond donors (Lipinski definition) is 1. The van der Waals surface area contributed by atoms with E-state index in [0.717, 1.165) is 16.2 Å². The molecule has 13 heteroatoms. The molecule has 4 aromatic rings. The maximum atomic E-state index is 13.4. The van der Waals surface area contributed by atoms with Gasteiger partial charge in [0.1, 0.15) is 12.6 Å².